The molecule has 0 saturated heterocycles. The summed E-state index contributed by atoms with van der Waals surface area (Å²) in [4.78, 5) is 15.3. The number of hydrogen-bond donors (Lipinski definition) is 1. The minimum Gasteiger partial charge on any atom is -0.325 e. The number of aryl methyl sites for hydroxylation is 1. The maximum atomic E-state index is 11.3. The molecule has 0 fully saturated rings. The van der Waals surface area contributed by atoms with Gasteiger partial charge in [-0.1, -0.05) is 0 Å². The number of nitrogens with zero attached hydrogens (tertiary/aromatic N) is 2. The number of carbonyl (C=O) groups is 1. The molecular weight excluding hydrogens is 178 g/mol. The van der Waals surface area contributed by atoms with Gasteiger partial charge in [-0.2, -0.15) is 5.26 Å². The number of anilines is 1. The first kappa shape index (κ1) is 10.2. The van der Waals surface area contributed by atoms with Gasteiger partial charge in [0.25, 0.3) is 0 Å². The Kier molecular flexibility index (Phi) is 3.19. The summed E-state index contributed by atoms with van der Waals surface area (Å²) in [6.07, 6.45) is 1.61. The molecule has 0 radical (unpaired) electrons. The normalized spacial score (nSPS) is 11.5. The van der Waals surface area contributed by atoms with Crippen LogP contribution >= 0.6 is 0 Å². The van der Waals surface area contributed by atoms with Gasteiger partial charge in [0.1, 0.15) is 5.92 Å². The molecule has 14 heavy (non-hydrogen) atoms. The van der Waals surface area contributed by atoms with Crippen LogP contribution < -0.4 is 5.32 Å². The van der Waals surface area contributed by atoms with Crippen molar-refractivity contribution in [1.82, 2.24) is 4.98 Å². The van der Waals surface area contributed by atoms with Gasteiger partial charge in [-0.15, -0.1) is 0 Å². The minimum absolute atomic E-state index is 0.293. The van der Waals surface area contributed by atoms with Crippen LogP contribution in [-0.4, -0.2) is 10.9 Å². The van der Waals surface area contributed by atoms with Crippen molar-refractivity contribution < 1.29 is 4.79 Å². The third-order valence-electron chi connectivity index (χ3n) is 1.75. The zero-order valence-corrected chi connectivity index (χ0v) is 8.11. The third kappa shape index (κ3) is 2.56. The molecule has 0 aliphatic heterocycles. The van der Waals surface area contributed by atoms with Crippen LogP contribution in [-0.2, 0) is 4.79 Å². The van der Waals surface area contributed by atoms with Gasteiger partial charge in [-0.3, -0.25) is 9.78 Å². The molecule has 0 spiro atoms. The molecule has 1 rings (SSSR count). The number of aromatic nitrogens is 1. The number of hydrogen-bond acceptors (Lipinski definition) is 3. The van der Waals surface area contributed by atoms with E-state index in [0.29, 0.717) is 5.69 Å². The summed E-state index contributed by atoms with van der Waals surface area (Å²) in [6, 6.07) is 5.31. The highest BCUT2D eigenvalue weighted by Crippen LogP contribution is 2.08. The fourth-order valence-corrected chi connectivity index (χ4v) is 0.932. The average molecular weight is 189 g/mol. The molecule has 0 saturated carbocycles. The van der Waals surface area contributed by atoms with Crippen molar-refractivity contribution in [3.8, 4) is 6.07 Å². The minimum atomic E-state index is -0.636. The highest BCUT2D eigenvalue weighted by molar-refractivity contribution is 5.93. The van der Waals surface area contributed by atoms with Gasteiger partial charge in [0, 0.05) is 17.6 Å². The number of nitriles is 1. The van der Waals surface area contributed by atoms with Crippen molar-refractivity contribution in [2.45, 2.75) is 13.8 Å². The summed E-state index contributed by atoms with van der Waals surface area (Å²) in [6.45, 7) is 3.40. The van der Waals surface area contributed by atoms with Crippen LogP contribution in [0.2, 0.25) is 0 Å². The lowest BCUT2D eigenvalue weighted by Crippen LogP contribution is -2.18. The first-order chi connectivity index (χ1) is 6.63. The van der Waals surface area contributed by atoms with E-state index in [-0.39, 0.29) is 5.91 Å². The van der Waals surface area contributed by atoms with Crippen LogP contribution in [0.4, 0.5) is 5.69 Å². The van der Waals surface area contributed by atoms with Crippen LogP contribution in [0.1, 0.15) is 12.6 Å². The second kappa shape index (κ2) is 4.38. The number of amides is 1. The SMILES string of the molecule is Cc1cc(NC(=O)C(C)C#N)ccn1. The van der Waals surface area contributed by atoms with E-state index in [2.05, 4.69) is 10.3 Å². The van der Waals surface area contributed by atoms with Crippen molar-refractivity contribution >= 4 is 11.6 Å². The fraction of sp³-hybridized carbons (Fsp3) is 0.300. The second-order valence-electron chi connectivity index (χ2n) is 3.03. The maximum Gasteiger partial charge on any atom is 0.241 e. The molecule has 0 aliphatic carbocycles. The monoisotopic (exact) mass is 189 g/mol. The smallest absolute Gasteiger partial charge is 0.241 e. The molecule has 1 unspecified atom stereocenters. The molecule has 4 nitrogen and oxygen atoms in total. The zero-order chi connectivity index (χ0) is 10.6. The number of nitrogens with one attached hydrogen (secondary N) is 1. The van der Waals surface area contributed by atoms with Crippen LogP contribution in [0.3, 0.4) is 0 Å². The molecule has 1 heterocycles. The summed E-state index contributed by atoms with van der Waals surface area (Å²) in [5, 5.41) is 11.1. The first-order valence-electron chi connectivity index (χ1n) is 4.26. The molecule has 0 aliphatic rings. The van der Waals surface area contributed by atoms with E-state index >= 15 is 0 Å². The van der Waals surface area contributed by atoms with Gasteiger partial charge < -0.3 is 5.32 Å². The molecule has 72 valence electrons. The first-order valence-corrected chi connectivity index (χ1v) is 4.26. The molecule has 4 heteroatoms. The Morgan fingerprint density at radius 1 is 1.71 bits per heavy atom. The number of carbonyl (C=O) groups excluding carboxylic acids is 1. The molecule has 1 N–H and O–H groups in total. The molecule has 1 aromatic heterocycles. The lowest BCUT2D eigenvalue weighted by molar-refractivity contribution is -0.117. The lowest BCUT2D eigenvalue weighted by Gasteiger charge is -2.05. The van der Waals surface area contributed by atoms with E-state index < -0.39 is 5.92 Å². The van der Waals surface area contributed by atoms with Crippen molar-refractivity contribution in [2.24, 2.45) is 5.92 Å². The third-order valence-corrected chi connectivity index (χ3v) is 1.75. The molecule has 1 amide bonds. The van der Waals surface area contributed by atoms with Crippen LogP contribution in [0.25, 0.3) is 0 Å². The Bertz CT molecular complexity index is 381. The molecular formula is C10H11N3O. The predicted octanol–water partition coefficient (Wildman–Crippen LogP) is 1.49. The predicted molar refractivity (Wildman–Crippen MR) is 52.4 cm³/mol. The van der Waals surface area contributed by atoms with Crippen molar-refractivity contribution in [3.05, 3.63) is 24.0 Å². The fourth-order valence-electron chi connectivity index (χ4n) is 0.932. The highest BCUT2D eigenvalue weighted by Gasteiger charge is 2.11. The van der Waals surface area contributed by atoms with Gasteiger partial charge in [0.15, 0.2) is 0 Å². The van der Waals surface area contributed by atoms with E-state index in [9.17, 15) is 4.79 Å². The van der Waals surface area contributed by atoms with Gasteiger partial charge in [0.05, 0.1) is 6.07 Å². The molecule has 1 aromatic rings. The average Bonchev–Trinajstić information content (AvgIpc) is 2.16. The van der Waals surface area contributed by atoms with Gasteiger partial charge >= 0.3 is 0 Å². The zero-order valence-electron chi connectivity index (χ0n) is 8.11. The van der Waals surface area contributed by atoms with E-state index in [1.807, 2.05) is 13.0 Å². The quantitative estimate of drug-likeness (QED) is 0.766. The summed E-state index contributed by atoms with van der Waals surface area (Å²) >= 11 is 0. The van der Waals surface area contributed by atoms with E-state index in [1.54, 1.807) is 25.3 Å². The van der Waals surface area contributed by atoms with Crippen molar-refractivity contribution in [3.63, 3.8) is 0 Å². The Morgan fingerprint density at radius 3 is 3.00 bits per heavy atom. The molecule has 0 aromatic carbocycles. The van der Waals surface area contributed by atoms with E-state index in [0.717, 1.165) is 5.69 Å². The number of rotatable bonds is 2. The van der Waals surface area contributed by atoms with E-state index in [1.165, 1.54) is 0 Å². The van der Waals surface area contributed by atoms with Crippen LogP contribution in [0.15, 0.2) is 18.3 Å². The van der Waals surface area contributed by atoms with E-state index in [4.69, 9.17) is 5.26 Å². The summed E-state index contributed by atoms with van der Waals surface area (Å²) in [7, 11) is 0. The van der Waals surface area contributed by atoms with Crippen molar-refractivity contribution in [2.75, 3.05) is 5.32 Å². The lowest BCUT2D eigenvalue weighted by atomic mass is 10.2. The molecule has 1 atom stereocenters. The highest BCUT2D eigenvalue weighted by atomic mass is 16.1. The van der Waals surface area contributed by atoms with Gasteiger partial charge in [0.2, 0.25) is 5.91 Å². The van der Waals surface area contributed by atoms with Crippen molar-refractivity contribution in [1.29, 1.82) is 5.26 Å². The largest absolute Gasteiger partial charge is 0.325 e. The topological polar surface area (TPSA) is 65.8 Å². The Hall–Kier alpha value is -1.89. The maximum absolute atomic E-state index is 11.3. The van der Waals surface area contributed by atoms with Gasteiger partial charge in [-0.25, -0.2) is 0 Å². The van der Waals surface area contributed by atoms with Crippen LogP contribution in [0.5, 0.6) is 0 Å². The Labute approximate surface area is 82.6 Å². The number of pyridine rings is 1. The Morgan fingerprint density at radius 2 is 2.43 bits per heavy atom. The van der Waals surface area contributed by atoms with Gasteiger partial charge in [-0.05, 0) is 26.0 Å². The molecule has 0 bridgehead atoms. The van der Waals surface area contributed by atoms with Crippen LogP contribution in [0, 0.1) is 24.2 Å². The standard InChI is InChI=1S/C10H11N3O/c1-7(6-11)10(14)13-9-3-4-12-8(2)5-9/h3-5,7H,1-2H3,(H,12,13,14). The second-order valence-corrected chi connectivity index (χ2v) is 3.03. The Balaban J connectivity index is 2.71. The summed E-state index contributed by atoms with van der Waals surface area (Å²) in [5.74, 6) is -0.929. The summed E-state index contributed by atoms with van der Waals surface area (Å²) < 4.78 is 0. The summed E-state index contributed by atoms with van der Waals surface area (Å²) in [5.41, 5.74) is 1.50.